The van der Waals surface area contributed by atoms with Crippen molar-refractivity contribution >= 4 is 11.6 Å². The Kier molecular flexibility index (Phi) is 4.79. The summed E-state index contributed by atoms with van der Waals surface area (Å²) in [5, 5.41) is -0.203. The van der Waals surface area contributed by atoms with Gasteiger partial charge in [0.15, 0.2) is 11.5 Å². The topological polar surface area (TPSA) is 18.5 Å². The third-order valence-corrected chi connectivity index (χ3v) is 4.16. The number of hydrogen-bond donors (Lipinski definition) is 0. The van der Waals surface area contributed by atoms with Crippen LogP contribution in [-0.2, 0) is 0 Å². The van der Waals surface area contributed by atoms with Gasteiger partial charge in [0.05, 0.1) is 19.6 Å². The van der Waals surface area contributed by atoms with E-state index >= 15 is 0 Å². The van der Waals surface area contributed by atoms with Gasteiger partial charge in [0.2, 0.25) is 0 Å². The molecule has 2 aromatic carbocycles. The Morgan fingerprint density at radius 2 is 1.43 bits per heavy atom. The average Bonchev–Trinajstić information content (AvgIpc) is 2.45. The zero-order valence-corrected chi connectivity index (χ0v) is 13.9. The largest absolute Gasteiger partial charge is 0.493 e. The molecule has 112 valence electrons. The van der Waals surface area contributed by atoms with Crippen LogP contribution in [0.5, 0.6) is 11.5 Å². The Morgan fingerprint density at radius 3 is 1.95 bits per heavy atom. The molecule has 0 saturated heterocycles. The number of rotatable bonds is 4. The van der Waals surface area contributed by atoms with Crippen LogP contribution in [0.4, 0.5) is 0 Å². The molecule has 0 N–H and O–H groups in total. The molecular weight excluding hydrogens is 284 g/mol. The highest BCUT2D eigenvalue weighted by Gasteiger charge is 2.18. The number of methoxy groups -OCH3 is 2. The molecule has 0 aliphatic rings. The standard InChI is InChI=1S/C18H21ClO2/c1-11-8-12(2)17(13(3)9-11)18(19)14-6-7-15(20-4)16(10-14)21-5/h6-10,18H,1-5H3. The molecule has 0 amide bonds. The van der Waals surface area contributed by atoms with Gasteiger partial charge < -0.3 is 9.47 Å². The fraction of sp³-hybridized carbons (Fsp3) is 0.333. The summed E-state index contributed by atoms with van der Waals surface area (Å²) in [6, 6.07) is 10.1. The Morgan fingerprint density at radius 1 is 0.857 bits per heavy atom. The molecule has 0 aliphatic heterocycles. The SMILES string of the molecule is COc1ccc(C(Cl)c2c(C)cc(C)cc2C)cc1OC. The molecule has 0 saturated carbocycles. The summed E-state index contributed by atoms with van der Waals surface area (Å²) >= 11 is 6.72. The van der Waals surface area contributed by atoms with Gasteiger partial charge in [-0.25, -0.2) is 0 Å². The number of ether oxygens (including phenoxy) is 2. The van der Waals surface area contributed by atoms with Crippen LogP contribution in [-0.4, -0.2) is 14.2 Å². The molecule has 0 heterocycles. The fourth-order valence-corrected chi connectivity index (χ4v) is 3.25. The lowest BCUT2D eigenvalue weighted by Crippen LogP contribution is -2.01. The van der Waals surface area contributed by atoms with Crippen molar-refractivity contribution < 1.29 is 9.47 Å². The Balaban J connectivity index is 2.47. The van der Waals surface area contributed by atoms with Gasteiger partial charge in [0.1, 0.15) is 0 Å². The van der Waals surface area contributed by atoms with Crippen LogP contribution in [0.3, 0.4) is 0 Å². The van der Waals surface area contributed by atoms with Crippen LogP contribution in [0.1, 0.15) is 33.2 Å². The van der Waals surface area contributed by atoms with E-state index in [1.807, 2.05) is 18.2 Å². The first-order valence-electron chi connectivity index (χ1n) is 6.91. The van der Waals surface area contributed by atoms with Crippen LogP contribution < -0.4 is 9.47 Å². The molecule has 3 heteroatoms. The summed E-state index contributed by atoms with van der Waals surface area (Å²) in [6.45, 7) is 6.31. The fourth-order valence-electron chi connectivity index (χ4n) is 2.77. The van der Waals surface area contributed by atoms with E-state index in [1.54, 1.807) is 14.2 Å². The second-order valence-corrected chi connectivity index (χ2v) is 5.73. The lowest BCUT2D eigenvalue weighted by molar-refractivity contribution is 0.354. The highest BCUT2D eigenvalue weighted by atomic mass is 35.5. The first kappa shape index (κ1) is 15.7. The highest BCUT2D eigenvalue weighted by Crippen LogP contribution is 2.38. The van der Waals surface area contributed by atoms with Gasteiger partial charge in [-0.3, -0.25) is 0 Å². The highest BCUT2D eigenvalue weighted by molar-refractivity contribution is 6.22. The molecule has 1 unspecified atom stereocenters. The predicted molar refractivity (Wildman–Crippen MR) is 87.9 cm³/mol. The average molecular weight is 305 g/mol. The number of benzene rings is 2. The van der Waals surface area contributed by atoms with E-state index in [0.29, 0.717) is 11.5 Å². The van der Waals surface area contributed by atoms with E-state index in [1.165, 1.54) is 16.7 Å². The molecule has 2 aromatic rings. The molecular formula is C18H21ClO2. The molecule has 0 aliphatic carbocycles. The van der Waals surface area contributed by atoms with Gasteiger partial charge >= 0.3 is 0 Å². The van der Waals surface area contributed by atoms with Crippen LogP contribution in [0, 0.1) is 20.8 Å². The minimum atomic E-state index is -0.203. The Bertz CT molecular complexity index is 627. The van der Waals surface area contributed by atoms with Crippen LogP contribution in [0.25, 0.3) is 0 Å². The minimum absolute atomic E-state index is 0.203. The molecule has 0 radical (unpaired) electrons. The van der Waals surface area contributed by atoms with E-state index in [-0.39, 0.29) is 5.38 Å². The zero-order valence-electron chi connectivity index (χ0n) is 13.2. The van der Waals surface area contributed by atoms with E-state index < -0.39 is 0 Å². The number of halogens is 1. The molecule has 2 rings (SSSR count). The van der Waals surface area contributed by atoms with E-state index in [2.05, 4.69) is 32.9 Å². The molecule has 0 spiro atoms. The first-order chi connectivity index (χ1) is 9.97. The third kappa shape index (κ3) is 3.16. The second kappa shape index (κ2) is 6.40. The normalized spacial score (nSPS) is 12.1. The van der Waals surface area contributed by atoms with Crippen molar-refractivity contribution in [2.75, 3.05) is 14.2 Å². The van der Waals surface area contributed by atoms with Crippen molar-refractivity contribution in [1.29, 1.82) is 0 Å². The van der Waals surface area contributed by atoms with Crippen LogP contribution >= 0.6 is 11.6 Å². The van der Waals surface area contributed by atoms with Gasteiger partial charge in [0.25, 0.3) is 0 Å². The molecule has 0 aromatic heterocycles. The Hall–Kier alpha value is -1.67. The molecule has 2 nitrogen and oxygen atoms in total. The third-order valence-electron chi connectivity index (χ3n) is 3.69. The molecule has 21 heavy (non-hydrogen) atoms. The van der Waals surface area contributed by atoms with Crippen molar-refractivity contribution in [3.8, 4) is 11.5 Å². The van der Waals surface area contributed by atoms with Gasteiger partial charge in [-0.15, -0.1) is 11.6 Å². The minimum Gasteiger partial charge on any atom is -0.493 e. The van der Waals surface area contributed by atoms with Crippen molar-refractivity contribution in [1.82, 2.24) is 0 Å². The lowest BCUT2D eigenvalue weighted by Gasteiger charge is -2.18. The van der Waals surface area contributed by atoms with Gasteiger partial charge in [0, 0.05) is 0 Å². The van der Waals surface area contributed by atoms with Crippen molar-refractivity contribution in [3.63, 3.8) is 0 Å². The van der Waals surface area contributed by atoms with Crippen molar-refractivity contribution in [2.24, 2.45) is 0 Å². The number of hydrogen-bond acceptors (Lipinski definition) is 2. The summed E-state index contributed by atoms with van der Waals surface area (Å²) in [6.07, 6.45) is 0. The van der Waals surface area contributed by atoms with Crippen molar-refractivity contribution in [3.05, 3.63) is 58.1 Å². The summed E-state index contributed by atoms with van der Waals surface area (Å²) in [4.78, 5) is 0. The maximum Gasteiger partial charge on any atom is 0.161 e. The van der Waals surface area contributed by atoms with E-state index in [9.17, 15) is 0 Å². The smallest absolute Gasteiger partial charge is 0.161 e. The summed E-state index contributed by atoms with van der Waals surface area (Å²) < 4.78 is 10.6. The predicted octanol–water partition coefficient (Wildman–Crippen LogP) is 4.96. The molecule has 0 bridgehead atoms. The molecule has 1 atom stereocenters. The molecule has 0 fully saturated rings. The van der Waals surface area contributed by atoms with Crippen LogP contribution in [0.15, 0.2) is 30.3 Å². The van der Waals surface area contributed by atoms with Gasteiger partial charge in [-0.2, -0.15) is 0 Å². The first-order valence-corrected chi connectivity index (χ1v) is 7.35. The Labute approximate surface area is 131 Å². The summed E-state index contributed by atoms with van der Waals surface area (Å²) in [5.41, 5.74) is 5.84. The van der Waals surface area contributed by atoms with Crippen molar-refractivity contribution in [2.45, 2.75) is 26.1 Å². The van der Waals surface area contributed by atoms with E-state index in [4.69, 9.17) is 21.1 Å². The number of alkyl halides is 1. The quantitative estimate of drug-likeness (QED) is 0.743. The van der Waals surface area contributed by atoms with E-state index in [0.717, 1.165) is 11.1 Å². The monoisotopic (exact) mass is 304 g/mol. The van der Waals surface area contributed by atoms with Gasteiger partial charge in [-0.1, -0.05) is 23.8 Å². The second-order valence-electron chi connectivity index (χ2n) is 5.29. The zero-order chi connectivity index (χ0) is 15.6. The maximum atomic E-state index is 6.72. The summed E-state index contributed by atoms with van der Waals surface area (Å²) in [7, 11) is 3.26. The lowest BCUT2D eigenvalue weighted by atomic mass is 9.93. The number of aryl methyl sites for hydroxylation is 3. The summed E-state index contributed by atoms with van der Waals surface area (Å²) in [5.74, 6) is 1.41. The van der Waals surface area contributed by atoms with Gasteiger partial charge in [-0.05, 0) is 55.2 Å². The maximum absolute atomic E-state index is 6.72. The van der Waals surface area contributed by atoms with Crippen LogP contribution in [0.2, 0.25) is 0 Å².